The van der Waals surface area contributed by atoms with Crippen LogP contribution in [0.3, 0.4) is 0 Å². The number of hydrogen-bond donors (Lipinski definition) is 3. The Morgan fingerprint density at radius 3 is 2.13 bits per heavy atom. The van der Waals surface area contributed by atoms with Gasteiger partial charge >= 0.3 is 0 Å². The van der Waals surface area contributed by atoms with Gasteiger partial charge in [0.15, 0.2) is 0 Å². The molecule has 0 aliphatic heterocycles. The van der Waals surface area contributed by atoms with Crippen LogP contribution in [0.2, 0.25) is 0 Å². The van der Waals surface area contributed by atoms with Gasteiger partial charge in [-0.05, 0) is 0 Å². The minimum absolute atomic E-state index is 0.331. The van der Waals surface area contributed by atoms with Gasteiger partial charge in [0.1, 0.15) is 9.84 Å². The molecule has 92 valence electrons. The smallest absolute Gasteiger partial charge is 0.212 e. The molecule has 7 nitrogen and oxygen atoms in total. The van der Waals surface area contributed by atoms with Crippen molar-refractivity contribution in [2.75, 3.05) is 30.9 Å². The van der Waals surface area contributed by atoms with Crippen LogP contribution in [0.4, 0.5) is 0 Å². The van der Waals surface area contributed by atoms with Gasteiger partial charge in [-0.15, -0.1) is 0 Å². The summed E-state index contributed by atoms with van der Waals surface area (Å²) in [6.45, 7) is -0.892. The Labute approximate surface area is 89.1 Å². The second kappa shape index (κ2) is 5.75. The third kappa shape index (κ3) is 8.75. The number of hydrogen-bond acceptors (Lipinski definition) is 6. The standard InChI is InChI=1S/C6H15NO6S2/c1-14(10,11)2-3-15(12,13)7-4-6(9)5-8/h6-9H,2-5H2,1H3. The van der Waals surface area contributed by atoms with Gasteiger partial charge in [-0.2, -0.15) is 0 Å². The predicted molar refractivity (Wildman–Crippen MR) is 54.6 cm³/mol. The van der Waals surface area contributed by atoms with E-state index in [1.165, 1.54) is 0 Å². The zero-order chi connectivity index (χ0) is 12.1. The zero-order valence-corrected chi connectivity index (χ0v) is 9.88. The molecule has 0 rings (SSSR count). The number of nitrogens with one attached hydrogen (secondary N) is 1. The van der Waals surface area contributed by atoms with Crippen molar-refractivity contribution in [1.29, 1.82) is 0 Å². The van der Waals surface area contributed by atoms with Crippen molar-refractivity contribution in [3.63, 3.8) is 0 Å². The maximum Gasteiger partial charge on any atom is 0.212 e. The summed E-state index contributed by atoms with van der Waals surface area (Å²) in [6, 6.07) is 0. The molecule has 0 aromatic carbocycles. The van der Waals surface area contributed by atoms with Crippen molar-refractivity contribution in [2.24, 2.45) is 0 Å². The maximum absolute atomic E-state index is 11.1. The minimum atomic E-state index is -3.72. The molecule has 0 aromatic rings. The third-order valence-electron chi connectivity index (χ3n) is 1.47. The average Bonchev–Trinajstić information content (AvgIpc) is 2.10. The monoisotopic (exact) mass is 261 g/mol. The fraction of sp³-hybridized carbons (Fsp3) is 1.00. The highest BCUT2D eigenvalue weighted by Gasteiger charge is 2.15. The number of rotatable bonds is 7. The highest BCUT2D eigenvalue weighted by atomic mass is 32.2. The van der Waals surface area contributed by atoms with Gasteiger partial charge in [0.2, 0.25) is 10.0 Å². The SMILES string of the molecule is CS(=O)(=O)CCS(=O)(=O)NCC(O)CO. The summed E-state index contributed by atoms with van der Waals surface area (Å²) in [5.41, 5.74) is 0. The molecule has 0 bridgehead atoms. The largest absolute Gasteiger partial charge is 0.394 e. The molecule has 0 spiro atoms. The lowest BCUT2D eigenvalue weighted by atomic mass is 10.4. The lowest BCUT2D eigenvalue weighted by Gasteiger charge is -2.09. The Morgan fingerprint density at radius 2 is 1.73 bits per heavy atom. The molecule has 0 amide bonds. The Kier molecular flexibility index (Phi) is 5.67. The first-order valence-corrected chi connectivity index (χ1v) is 7.81. The van der Waals surface area contributed by atoms with E-state index in [1.54, 1.807) is 0 Å². The molecule has 0 aliphatic rings. The van der Waals surface area contributed by atoms with E-state index in [1.807, 2.05) is 4.72 Å². The molecule has 3 N–H and O–H groups in total. The molecule has 1 atom stereocenters. The van der Waals surface area contributed by atoms with Gasteiger partial charge in [-0.3, -0.25) is 0 Å². The van der Waals surface area contributed by atoms with E-state index in [0.29, 0.717) is 0 Å². The highest BCUT2D eigenvalue weighted by molar-refractivity contribution is 7.93. The molecular weight excluding hydrogens is 246 g/mol. The van der Waals surface area contributed by atoms with Crippen LogP contribution in [0, 0.1) is 0 Å². The first kappa shape index (κ1) is 14.8. The molecule has 0 radical (unpaired) electrons. The summed E-state index contributed by atoms with van der Waals surface area (Å²) in [6.07, 6.45) is -0.247. The molecule has 0 saturated heterocycles. The normalized spacial score (nSPS) is 15.1. The third-order valence-corrected chi connectivity index (χ3v) is 4.02. The molecule has 0 aromatic heterocycles. The van der Waals surface area contributed by atoms with E-state index in [4.69, 9.17) is 10.2 Å². The van der Waals surface area contributed by atoms with E-state index >= 15 is 0 Å². The molecule has 0 heterocycles. The second-order valence-corrected chi connectivity index (χ2v) is 7.32. The van der Waals surface area contributed by atoms with Gasteiger partial charge in [0.05, 0.1) is 24.2 Å². The van der Waals surface area contributed by atoms with Gasteiger partial charge in [0, 0.05) is 12.8 Å². The summed E-state index contributed by atoms with van der Waals surface area (Å²) in [5.74, 6) is -1.03. The summed E-state index contributed by atoms with van der Waals surface area (Å²) < 4.78 is 45.6. The fourth-order valence-corrected chi connectivity index (χ4v) is 3.30. The van der Waals surface area contributed by atoms with Crippen LogP contribution in [0.5, 0.6) is 0 Å². The molecule has 9 heteroatoms. The molecule has 0 saturated carbocycles. The lowest BCUT2D eigenvalue weighted by Crippen LogP contribution is -2.36. The Morgan fingerprint density at radius 1 is 1.20 bits per heavy atom. The minimum Gasteiger partial charge on any atom is -0.394 e. The summed E-state index contributed by atoms with van der Waals surface area (Å²) >= 11 is 0. The van der Waals surface area contributed by atoms with Crippen molar-refractivity contribution in [1.82, 2.24) is 4.72 Å². The predicted octanol–water partition coefficient (Wildman–Crippen LogP) is -2.70. The topological polar surface area (TPSA) is 121 Å². The zero-order valence-electron chi connectivity index (χ0n) is 8.25. The van der Waals surface area contributed by atoms with Crippen molar-refractivity contribution >= 4 is 19.9 Å². The molecule has 15 heavy (non-hydrogen) atoms. The van der Waals surface area contributed by atoms with Crippen molar-refractivity contribution in [3.8, 4) is 0 Å². The quantitative estimate of drug-likeness (QED) is 0.459. The second-order valence-electron chi connectivity index (χ2n) is 3.13. The van der Waals surface area contributed by atoms with Crippen LogP contribution in [-0.4, -0.2) is 64.1 Å². The van der Waals surface area contributed by atoms with Crippen molar-refractivity contribution < 1.29 is 27.0 Å². The summed E-state index contributed by atoms with van der Waals surface area (Å²) in [5, 5.41) is 17.3. The molecule has 1 unspecified atom stereocenters. The maximum atomic E-state index is 11.1. The van der Waals surface area contributed by atoms with Gasteiger partial charge in [-0.25, -0.2) is 21.6 Å². The summed E-state index contributed by atoms with van der Waals surface area (Å²) in [4.78, 5) is 0. The number of aliphatic hydroxyl groups excluding tert-OH is 2. The first-order chi connectivity index (χ1) is 6.66. The van der Waals surface area contributed by atoms with Crippen LogP contribution < -0.4 is 4.72 Å². The number of sulfonamides is 1. The molecule has 0 aliphatic carbocycles. The van der Waals surface area contributed by atoms with Gasteiger partial charge < -0.3 is 10.2 Å². The number of aliphatic hydroxyl groups is 2. The Hall–Kier alpha value is -0.220. The molecular formula is C6H15NO6S2. The van der Waals surface area contributed by atoms with Crippen molar-refractivity contribution in [2.45, 2.75) is 6.10 Å². The highest BCUT2D eigenvalue weighted by Crippen LogP contribution is 1.90. The van der Waals surface area contributed by atoms with E-state index < -0.39 is 44.1 Å². The van der Waals surface area contributed by atoms with Crippen LogP contribution in [0.1, 0.15) is 0 Å². The van der Waals surface area contributed by atoms with E-state index in [2.05, 4.69) is 0 Å². The van der Waals surface area contributed by atoms with Crippen LogP contribution in [0.15, 0.2) is 0 Å². The Bertz CT molecular complexity index is 372. The average molecular weight is 261 g/mol. The van der Waals surface area contributed by atoms with E-state index in [0.717, 1.165) is 6.26 Å². The van der Waals surface area contributed by atoms with Crippen molar-refractivity contribution in [3.05, 3.63) is 0 Å². The lowest BCUT2D eigenvalue weighted by molar-refractivity contribution is 0.0988. The van der Waals surface area contributed by atoms with Gasteiger partial charge in [0.25, 0.3) is 0 Å². The van der Waals surface area contributed by atoms with Crippen LogP contribution in [-0.2, 0) is 19.9 Å². The van der Waals surface area contributed by atoms with E-state index in [9.17, 15) is 16.8 Å². The van der Waals surface area contributed by atoms with Crippen LogP contribution in [0.25, 0.3) is 0 Å². The fourth-order valence-electron chi connectivity index (χ4n) is 0.621. The van der Waals surface area contributed by atoms with Crippen LogP contribution >= 0.6 is 0 Å². The first-order valence-electron chi connectivity index (χ1n) is 4.10. The van der Waals surface area contributed by atoms with E-state index in [-0.39, 0.29) is 6.54 Å². The summed E-state index contributed by atoms with van der Waals surface area (Å²) in [7, 11) is -7.05. The Balaban J connectivity index is 4.10. The molecule has 0 fully saturated rings. The number of sulfone groups is 1. The van der Waals surface area contributed by atoms with Gasteiger partial charge in [-0.1, -0.05) is 0 Å².